The standard InChI is InChI=1S/C24H21F2N5O/c1-3-7-20(21-18(27)12-13-28-21)29-14(2)23-30-19-11-5-4-8-15(19)24(32)31(23)22-16(25)9-6-10-17(22)26/h3-11,13-14,29H,1,12,27H2,2H3/b20-7+/t14-/m0/s1. The number of para-hydroxylation sites is 2. The lowest BCUT2D eigenvalue weighted by Gasteiger charge is -2.22. The maximum absolute atomic E-state index is 14.7. The lowest BCUT2D eigenvalue weighted by molar-refractivity contribution is 0.542. The number of aliphatic imine (C=N–C) groups is 1. The van der Waals surface area contributed by atoms with E-state index in [1.807, 2.05) is 0 Å². The number of nitrogens with one attached hydrogen (secondary N) is 1. The first kappa shape index (κ1) is 21.2. The Bertz CT molecular complexity index is 1350. The molecule has 2 heterocycles. The lowest BCUT2D eigenvalue weighted by atomic mass is 10.1. The second-order valence-corrected chi connectivity index (χ2v) is 7.27. The molecule has 1 aromatic heterocycles. The number of fused-ring (bicyclic) bond motifs is 1. The number of rotatable bonds is 6. The highest BCUT2D eigenvalue weighted by molar-refractivity contribution is 5.78. The van der Waals surface area contributed by atoms with Crippen LogP contribution in [-0.2, 0) is 0 Å². The molecule has 0 unspecified atom stereocenters. The summed E-state index contributed by atoms with van der Waals surface area (Å²) >= 11 is 0. The highest BCUT2D eigenvalue weighted by atomic mass is 19.1. The molecular formula is C24H21F2N5O. The number of hydrogen-bond acceptors (Lipinski definition) is 5. The van der Waals surface area contributed by atoms with E-state index >= 15 is 0 Å². The summed E-state index contributed by atoms with van der Waals surface area (Å²) < 4.78 is 30.4. The third kappa shape index (κ3) is 3.71. The van der Waals surface area contributed by atoms with Gasteiger partial charge in [-0.1, -0.05) is 30.9 Å². The van der Waals surface area contributed by atoms with Gasteiger partial charge >= 0.3 is 0 Å². The van der Waals surface area contributed by atoms with Crippen molar-refractivity contribution in [2.24, 2.45) is 10.7 Å². The molecule has 0 saturated heterocycles. The summed E-state index contributed by atoms with van der Waals surface area (Å²) in [5, 5.41) is 3.47. The first-order chi connectivity index (χ1) is 15.4. The van der Waals surface area contributed by atoms with Crippen molar-refractivity contribution in [2.45, 2.75) is 19.4 Å². The molecule has 8 heteroatoms. The van der Waals surface area contributed by atoms with Crippen molar-refractivity contribution in [3.05, 3.63) is 106 Å². The van der Waals surface area contributed by atoms with Gasteiger partial charge in [0, 0.05) is 18.3 Å². The Balaban J connectivity index is 1.92. The van der Waals surface area contributed by atoms with Crippen molar-refractivity contribution in [2.75, 3.05) is 0 Å². The molecule has 3 aromatic rings. The minimum absolute atomic E-state index is 0.133. The third-order valence-electron chi connectivity index (χ3n) is 5.10. The van der Waals surface area contributed by atoms with Crippen LogP contribution >= 0.6 is 0 Å². The van der Waals surface area contributed by atoms with Gasteiger partial charge in [-0.3, -0.25) is 14.4 Å². The number of aromatic nitrogens is 2. The van der Waals surface area contributed by atoms with E-state index in [1.54, 1.807) is 49.6 Å². The van der Waals surface area contributed by atoms with Crippen LogP contribution in [-0.4, -0.2) is 15.8 Å². The van der Waals surface area contributed by atoms with Gasteiger partial charge in [-0.05, 0) is 37.3 Å². The normalized spacial score (nSPS) is 14.8. The number of allylic oxidation sites excluding steroid dienone is 3. The molecule has 2 aromatic carbocycles. The largest absolute Gasteiger partial charge is 0.400 e. The zero-order valence-corrected chi connectivity index (χ0v) is 17.3. The number of nitrogens with zero attached hydrogens (tertiary/aromatic N) is 3. The minimum Gasteiger partial charge on any atom is -0.400 e. The fourth-order valence-corrected chi connectivity index (χ4v) is 3.63. The van der Waals surface area contributed by atoms with E-state index in [4.69, 9.17) is 5.73 Å². The molecule has 3 N–H and O–H groups in total. The summed E-state index contributed by atoms with van der Waals surface area (Å²) in [7, 11) is 0. The summed E-state index contributed by atoms with van der Waals surface area (Å²) in [5.41, 5.74) is 7.09. The maximum Gasteiger partial charge on any atom is 0.266 e. The smallest absolute Gasteiger partial charge is 0.266 e. The summed E-state index contributed by atoms with van der Waals surface area (Å²) in [6, 6.07) is 9.47. The first-order valence-electron chi connectivity index (χ1n) is 9.99. The molecule has 0 amide bonds. The Kier molecular flexibility index (Phi) is 5.68. The van der Waals surface area contributed by atoms with Crippen LogP contribution in [0, 0.1) is 11.6 Å². The molecule has 0 bridgehead atoms. The van der Waals surface area contributed by atoms with Crippen LogP contribution in [0.2, 0.25) is 0 Å². The van der Waals surface area contributed by atoms with Gasteiger partial charge < -0.3 is 11.1 Å². The molecule has 1 atom stereocenters. The highest BCUT2D eigenvalue weighted by Crippen LogP contribution is 2.25. The molecule has 32 heavy (non-hydrogen) atoms. The van der Waals surface area contributed by atoms with E-state index in [-0.39, 0.29) is 11.2 Å². The van der Waals surface area contributed by atoms with Gasteiger partial charge in [0.2, 0.25) is 0 Å². The molecule has 1 aliphatic heterocycles. The van der Waals surface area contributed by atoms with E-state index in [1.165, 1.54) is 6.07 Å². The van der Waals surface area contributed by atoms with Crippen molar-refractivity contribution < 1.29 is 8.78 Å². The van der Waals surface area contributed by atoms with Crippen LogP contribution in [0.3, 0.4) is 0 Å². The van der Waals surface area contributed by atoms with Crippen LogP contribution in [0.5, 0.6) is 0 Å². The van der Waals surface area contributed by atoms with E-state index in [9.17, 15) is 13.6 Å². The Labute approximate surface area is 183 Å². The van der Waals surface area contributed by atoms with Crippen molar-refractivity contribution >= 4 is 17.1 Å². The Morgan fingerprint density at radius 1 is 1.22 bits per heavy atom. The maximum atomic E-state index is 14.7. The van der Waals surface area contributed by atoms with Gasteiger partial charge in [-0.2, -0.15) is 0 Å². The Morgan fingerprint density at radius 2 is 1.94 bits per heavy atom. The molecule has 0 fully saturated rings. The second-order valence-electron chi connectivity index (χ2n) is 7.27. The quantitative estimate of drug-likeness (QED) is 0.575. The van der Waals surface area contributed by atoms with Crippen molar-refractivity contribution in [1.82, 2.24) is 14.9 Å². The molecule has 162 valence electrons. The van der Waals surface area contributed by atoms with Crippen LogP contribution in [0.15, 0.2) is 88.1 Å². The summed E-state index contributed by atoms with van der Waals surface area (Å²) in [4.78, 5) is 22.2. The van der Waals surface area contributed by atoms with Gasteiger partial charge in [0.05, 0.1) is 22.6 Å². The fourth-order valence-electron chi connectivity index (χ4n) is 3.63. The summed E-state index contributed by atoms with van der Waals surface area (Å²) in [6.45, 7) is 5.45. The van der Waals surface area contributed by atoms with Crippen LogP contribution in [0.4, 0.5) is 8.78 Å². The SMILES string of the molecule is C=C/C=C(/N[C@@H](C)c1nc2ccccc2c(=O)n1-c1c(F)cccc1F)C1=C(N)CC=N1. The number of benzene rings is 2. The Morgan fingerprint density at radius 3 is 2.59 bits per heavy atom. The van der Waals surface area contributed by atoms with Crippen LogP contribution < -0.4 is 16.6 Å². The van der Waals surface area contributed by atoms with Gasteiger partial charge in [0.1, 0.15) is 28.8 Å². The molecule has 0 aliphatic carbocycles. The summed E-state index contributed by atoms with van der Waals surface area (Å²) in [6.07, 6.45) is 5.46. The fraction of sp³-hybridized carbons (Fsp3) is 0.125. The topological polar surface area (TPSA) is 85.3 Å². The highest BCUT2D eigenvalue weighted by Gasteiger charge is 2.24. The Hall–Kier alpha value is -4.07. The zero-order valence-electron chi connectivity index (χ0n) is 17.3. The average molecular weight is 433 g/mol. The van der Waals surface area contributed by atoms with E-state index in [0.717, 1.165) is 16.7 Å². The van der Waals surface area contributed by atoms with E-state index < -0.39 is 28.9 Å². The van der Waals surface area contributed by atoms with Crippen LogP contribution in [0.25, 0.3) is 16.6 Å². The predicted molar refractivity (Wildman–Crippen MR) is 121 cm³/mol. The summed E-state index contributed by atoms with van der Waals surface area (Å²) in [5.74, 6) is -1.60. The van der Waals surface area contributed by atoms with Gasteiger partial charge in [-0.15, -0.1) is 0 Å². The van der Waals surface area contributed by atoms with Gasteiger partial charge in [0.25, 0.3) is 5.56 Å². The minimum atomic E-state index is -0.869. The van der Waals surface area contributed by atoms with E-state index in [0.29, 0.717) is 29.0 Å². The second kappa shape index (κ2) is 8.58. The molecular weight excluding hydrogens is 412 g/mol. The lowest BCUT2D eigenvalue weighted by Crippen LogP contribution is -2.31. The third-order valence-corrected chi connectivity index (χ3v) is 5.10. The average Bonchev–Trinajstić information content (AvgIpc) is 3.20. The first-order valence-corrected chi connectivity index (χ1v) is 9.99. The van der Waals surface area contributed by atoms with Crippen molar-refractivity contribution in [3.8, 4) is 5.69 Å². The number of hydrogen-bond donors (Lipinski definition) is 2. The predicted octanol–water partition coefficient (Wildman–Crippen LogP) is 4.03. The van der Waals surface area contributed by atoms with Gasteiger partial charge in [0.15, 0.2) is 0 Å². The molecule has 1 aliphatic rings. The van der Waals surface area contributed by atoms with Crippen LogP contribution in [0.1, 0.15) is 25.2 Å². The number of halogens is 2. The molecule has 4 rings (SSSR count). The molecule has 0 saturated carbocycles. The molecule has 0 spiro atoms. The molecule has 0 radical (unpaired) electrons. The molecule has 6 nitrogen and oxygen atoms in total. The number of nitrogens with two attached hydrogens (primary N) is 1. The zero-order chi connectivity index (χ0) is 22.8. The monoisotopic (exact) mass is 433 g/mol. The van der Waals surface area contributed by atoms with Crippen molar-refractivity contribution in [3.63, 3.8) is 0 Å². The van der Waals surface area contributed by atoms with E-state index in [2.05, 4.69) is 21.9 Å². The van der Waals surface area contributed by atoms with Crippen molar-refractivity contribution in [1.29, 1.82) is 0 Å². The van der Waals surface area contributed by atoms with Gasteiger partial charge in [-0.25, -0.2) is 13.8 Å².